The maximum Gasteiger partial charge on any atom is 0.164 e. The van der Waals surface area contributed by atoms with Crippen LogP contribution in [0.3, 0.4) is 0 Å². The number of hydrogen-bond donors (Lipinski definition) is 0. The topological polar surface area (TPSA) is 43.6 Å². The van der Waals surface area contributed by atoms with E-state index in [0.29, 0.717) is 17.5 Å². The quantitative estimate of drug-likeness (QED) is 0.168. The van der Waals surface area contributed by atoms with E-state index in [-0.39, 0.29) is 0 Å². The van der Waals surface area contributed by atoms with Crippen LogP contribution in [0.5, 0.6) is 0 Å². The third kappa shape index (κ3) is 6.18. The average molecular weight is 827 g/mol. The van der Waals surface area contributed by atoms with Gasteiger partial charge in [0, 0.05) is 38.4 Å². The fourth-order valence-corrected chi connectivity index (χ4v) is 9.87. The summed E-state index contributed by atoms with van der Waals surface area (Å²) in [4.78, 5) is 16.1. The summed E-state index contributed by atoms with van der Waals surface area (Å²) in [7, 11) is 0. The summed E-state index contributed by atoms with van der Waals surface area (Å²) in [5.41, 5.74) is 10.7. The van der Waals surface area contributed by atoms with E-state index in [4.69, 9.17) is 15.0 Å². The van der Waals surface area contributed by atoms with E-state index in [0.717, 1.165) is 77.2 Å². The SMILES string of the molecule is c1ccc(-c2ccc3c(-n4c5cc6ccccc6cc5c5cc6ccccc6cc54)c(-c4ccccc4)cc(-c4nc(-c5ccccc5)nc(-c5cccc6ccccc56)n4)c3c2)cc1. The zero-order valence-corrected chi connectivity index (χ0v) is 35.2. The van der Waals surface area contributed by atoms with Gasteiger partial charge in [0.05, 0.1) is 16.7 Å². The lowest BCUT2D eigenvalue weighted by molar-refractivity contribution is 1.08. The lowest BCUT2D eigenvalue weighted by atomic mass is 9.91. The van der Waals surface area contributed by atoms with Crippen molar-refractivity contribution in [3.8, 4) is 62.1 Å². The monoisotopic (exact) mass is 826 g/mol. The molecule has 4 nitrogen and oxygen atoms in total. The minimum atomic E-state index is 0.611. The van der Waals surface area contributed by atoms with Crippen LogP contribution in [0, 0.1) is 0 Å². The van der Waals surface area contributed by atoms with Crippen LogP contribution < -0.4 is 0 Å². The van der Waals surface area contributed by atoms with Crippen molar-refractivity contribution in [3.05, 3.63) is 231 Å². The maximum absolute atomic E-state index is 5.47. The molecule has 0 saturated carbocycles. The molecule has 0 N–H and O–H groups in total. The fourth-order valence-electron chi connectivity index (χ4n) is 9.87. The summed E-state index contributed by atoms with van der Waals surface area (Å²) < 4.78 is 2.52. The van der Waals surface area contributed by atoms with E-state index in [9.17, 15) is 0 Å². The molecule has 0 amide bonds. The molecule has 0 saturated heterocycles. The molecule has 13 rings (SSSR count). The number of hydrogen-bond acceptors (Lipinski definition) is 3. The average Bonchev–Trinajstić information content (AvgIpc) is 3.68. The van der Waals surface area contributed by atoms with E-state index in [1.54, 1.807) is 0 Å². The molecular formula is C61H38N4. The second-order valence-electron chi connectivity index (χ2n) is 16.8. The molecule has 0 aliphatic carbocycles. The van der Waals surface area contributed by atoms with Gasteiger partial charge in [0.15, 0.2) is 17.5 Å². The van der Waals surface area contributed by atoms with E-state index in [1.165, 1.54) is 32.3 Å². The molecular weight excluding hydrogens is 789 g/mol. The van der Waals surface area contributed by atoms with Crippen molar-refractivity contribution in [2.75, 3.05) is 0 Å². The molecule has 11 aromatic carbocycles. The zero-order valence-electron chi connectivity index (χ0n) is 35.2. The smallest absolute Gasteiger partial charge is 0.164 e. The highest BCUT2D eigenvalue weighted by atomic mass is 15.0. The first-order chi connectivity index (χ1) is 32.2. The van der Waals surface area contributed by atoms with Crippen LogP contribution in [0.2, 0.25) is 0 Å². The predicted octanol–water partition coefficient (Wildman–Crippen LogP) is 15.9. The molecule has 2 aromatic heterocycles. The summed E-state index contributed by atoms with van der Waals surface area (Å²) in [6, 6.07) is 82.6. The summed E-state index contributed by atoms with van der Waals surface area (Å²) in [5, 5.41) is 11.6. The Morgan fingerprint density at radius 2 is 0.738 bits per heavy atom. The molecule has 4 heteroatoms. The van der Waals surface area contributed by atoms with Crippen LogP contribution in [0.15, 0.2) is 231 Å². The summed E-state index contributed by atoms with van der Waals surface area (Å²) in [6.07, 6.45) is 0. The first-order valence-electron chi connectivity index (χ1n) is 22.1. The van der Waals surface area contributed by atoms with Crippen molar-refractivity contribution in [2.45, 2.75) is 0 Å². The van der Waals surface area contributed by atoms with Gasteiger partial charge < -0.3 is 4.57 Å². The minimum Gasteiger partial charge on any atom is -0.308 e. The van der Waals surface area contributed by atoms with E-state index >= 15 is 0 Å². The molecule has 0 unspecified atom stereocenters. The van der Waals surface area contributed by atoms with E-state index in [1.807, 2.05) is 18.2 Å². The highest BCUT2D eigenvalue weighted by Gasteiger charge is 2.24. The van der Waals surface area contributed by atoms with E-state index < -0.39 is 0 Å². The molecule has 0 atom stereocenters. The second-order valence-corrected chi connectivity index (χ2v) is 16.8. The van der Waals surface area contributed by atoms with Crippen molar-refractivity contribution >= 4 is 64.9 Å². The molecule has 65 heavy (non-hydrogen) atoms. The van der Waals surface area contributed by atoms with Gasteiger partial charge >= 0.3 is 0 Å². The van der Waals surface area contributed by atoms with Crippen molar-refractivity contribution in [1.82, 2.24) is 19.5 Å². The molecule has 0 fully saturated rings. The Bertz CT molecular complexity index is 3890. The Morgan fingerprint density at radius 1 is 0.246 bits per heavy atom. The van der Waals surface area contributed by atoms with Crippen molar-refractivity contribution < 1.29 is 0 Å². The first kappa shape index (κ1) is 36.9. The predicted molar refractivity (Wildman–Crippen MR) is 271 cm³/mol. The molecule has 0 aliphatic rings. The molecule has 2 heterocycles. The Balaban J connectivity index is 1.20. The highest BCUT2D eigenvalue weighted by molar-refractivity contribution is 6.19. The van der Waals surface area contributed by atoms with Gasteiger partial charge in [0.2, 0.25) is 0 Å². The largest absolute Gasteiger partial charge is 0.308 e. The normalized spacial score (nSPS) is 11.7. The fraction of sp³-hybridized carbons (Fsp3) is 0. The van der Waals surface area contributed by atoms with Crippen LogP contribution in [0.25, 0.3) is 127 Å². The first-order valence-corrected chi connectivity index (χ1v) is 22.1. The Hall–Kier alpha value is -8.73. The van der Waals surface area contributed by atoms with Gasteiger partial charge in [0.1, 0.15) is 0 Å². The van der Waals surface area contributed by atoms with Crippen LogP contribution >= 0.6 is 0 Å². The lowest BCUT2D eigenvalue weighted by Crippen LogP contribution is -2.04. The number of rotatable bonds is 6. The summed E-state index contributed by atoms with van der Waals surface area (Å²) >= 11 is 0. The van der Waals surface area contributed by atoms with Crippen molar-refractivity contribution in [1.29, 1.82) is 0 Å². The van der Waals surface area contributed by atoms with Gasteiger partial charge in [-0.25, -0.2) is 15.0 Å². The molecule has 0 radical (unpaired) electrons. The number of benzene rings is 11. The maximum atomic E-state index is 5.47. The highest BCUT2D eigenvalue weighted by Crippen LogP contribution is 2.46. The Kier molecular flexibility index (Phi) is 8.50. The minimum absolute atomic E-state index is 0.611. The molecule has 13 aromatic rings. The number of nitrogens with zero attached hydrogens (tertiary/aromatic N) is 4. The van der Waals surface area contributed by atoms with Gasteiger partial charge in [0.25, 0.3) is 0 Å². The number of aromatic nitrogens is 4. The third-order valence-electron chi connectivity index (χ3n) is 13.0. The Labute approximate surface area is 375 Å². The third-order valence-corrected chi connectivity index (χ3v) is 13.0. The second kappa shape index (κ2) is 15.0. The molecule has 0 aliphatic heterocycles. The molecule has 0 spiro atoms. The van der Waals surface area contributed by atoms with Gasteiger partial charge in [-0.2, -0.15) is 0 Å². The van der Waals surface area contributed by atoms with Crippen LogP contribution in [0.4, 0.5) is 0 Å². The number of fused-ring (bicyclic) bond motifs is 7. The Morgan fingerprint density at radius 3 is 1.37 bits per heavy atom. The summed E-state index contributed by atoms with van der Waals surface area (Å²) in [5.74, 6) is 1.86. The van der Waals surface area contributed by atoms with E-state index in [2.05, 4.69) is 217 Å². The van der Waals surface area contributed by atoms with Crippen molar-refractivity contribution in [2.24, 2.45) is 0 Å². The molecule has 302 valence electrons. The zero-order chi connectivity index (χ0) is 42.8. The van der Waals surface area contributed by atoms with Gasteiger partial charge in [-0.15, -0.1) is 0 Å². The molecule has 0 bridgehead atoms. The van der Waals surface area contributed by atoms with Crippen LogP contribution in [-0.2, 0) is 0 Å². The lowest BCUT2D eigenvalue weighted by Gasteiger charge is -2.21. The van der Waals surface area contributed by atoms with Crippen molar-refractivity contribution in [3.63, 3.8) is 0 Å². The standard InChI is InChI=1S/C61H38N4/c1-4-17-39(18-5-1)47-31-32-49-52(33-47)55(61-63-59(42-22-8-3-9-23-42)62-60(64-61)50-30-16-28-40-21-14-15-29-48(40)50)38-51(41-19-6-2-7-20-41)58(49)65-56-36-45-26-12-10-24-43(45)34-53(56)54-35-44-25-11-13-27-46(44)37-57(54)65/h1-38H. The van der Waals surface area contributed by atoms with Gasteiger partial charge in [-0.05, 0) is 90.8 Å². The summed E-state index contributed by atoms with van der Waals surface area (Å²) in [6.45, 7) is 0. The van der Waals surface area contributed by atoms with Gasteiger partial charge in [-0.1, -0.05) is 194 Å². The van der Waals surface area contributed by atoms with Crippen LogP contribution in [-0.4, -0.2) is 19.5 Å². The van der Waals surface area contributed by atoms with Gasteiger partial charge in [-0.3, -0.25) is 0 Å². The van der Waals surface area contributed by atoms with Crippen LogP contribution in [0.1, 0.15) is 0 Å².